The molecule has 3 rings (SSSR count). The molecule has 0 spiro atoms. The summed E-state index contributed by atoms with van der Waals surface area (Å²) >= 11 is 0. The number of halogens is 1. The standard InChI is InChI=1S/C16H19FN4/c17-14-5-3-4-13(12-18)16(14)21-10-8-20(9-11-21)15-6-1-2-7-19-15/h1-7H,8-12,18H2. The summed E-state index contributed by atoms with van der Waals surface area (Å²) in [5, 5.41) is 0. The molecule has 2 heterocycles. The second kappa shape index (κ2) is 6.10. The first kappa shape index (κ1) is 13.8. The number of hydrogen-bond acceptors (Lipinski definition) is 4. The SMILES string of the molecule is NCc1cccc(F)c1N1CCN(c2ccccn2)CC1. The fourth-order valence-corrected chi connectivity index (χ4v) is 2.78. The maximum atomic E-state index is 14.1. The van der Waals surface area contributed by atoms with Crippen LogP contribution in [0.15, 0.2) is 42.6 Å². The highest BCUT2D eigenvalue weighted by atomic mass is 19.1. The zero-order chi connectivity index (χ0) is 14.7. The number of rotatable bonds is 3. The molecule has 1 aromatic carbocycles. The van der Waals surface area contributed by atoms with Gasteiger partial charge in [0.15, 0.2) is 0 Å². The van der Waals surface area contributed by atoms with Crippen molar-refractivity contribution in [2.24, 2.45) is 5.73 Å². The maximum Gasteiger partial charge on any atom is 0.146 e. The Bertz CT molecular complexity index is 594. The number of piperazine rings is 1. The molecule has 0 radical (unpaired) electrons. The van der Waals surface area contributed by atoms with Crippen molar-refractivity contribution in [3.8, 4) is 0 Å². The van der Waals surface area contributed by atoms with E-state index in [4.69, 9.17) is 5.73 Å². The molecule has 0 aliphatic carbocycles. The van der Waals surface area contributed by atoms with Gasteiger partial charge in [-0.05, 0) is 23.8 Å². The minimum Gasteiger partial charge on any atom is -0.365 e. The highest BCUT2D eigenvalue weighted by Gasteiger charge is 2.21. The van der Waals surface area contributed by atoms with Gasteiger partial charge in [0.05, 0.1) is 5.69 Å². The second-order valence-electron chi connectivity index (χ2n) is 5.11. The molecule has 1 aliphatic heterocycles. The molecule has 21 heavy (non-hydrogen) atoms. The Morgan fingerprint density at radius 1 is 1.00 bits per heavy atom. The van der Waals surface area contributed by atoms with Crippen molar-refractivity contribution in [3.05, 3.63) is 54.0 Å². The van der Waals surface area contributed by atoms with E-state index in [0.717, 1.165) is 37.6 Å². The summed E-state index contributed by atoms with van der Waals surface area (Å²) in [4.78, 5) is 8.67. The van der Waals surface area contributed by atoms with Gasteiger partial charge in [0.2, 0.25) is 0 Å². The fourth-order valence-electron chi connectivity index (χ4n) is 2.78. The number of nitrogens with two attached hydrogens (primary N) is 1. The van der Waals surface area contributed by atoms with Crippen LogP contribution in [0.25, 0.3) is 0 Å². The summed E-state index contributed by atoms with van der Waals surface area (Å²) in [5.41, 5.74) is 7.25. The van der Waals surface area contributed by atoms with Crippen molar-refractivity contribution >= 4 is 11.5 Å². The summed E-state index contributed by atoms with van der Waals surface area (Å²) in [6.07, 6.45) is 1.80. The van der Waals surface area contributed by atoms with Crippen LogP contribution < -0.4 is 15.5 Å². The van der Waals surface area contributed by atoms with Gasteiger partial charge in [-0.1, -0.05) is 18.2 Å². The zero-order valence-corrected chi connectivity index (χ0v) is 11.9. The van der Waals surface area contributed by atoms with Crippen LogP contribution in [0.3, 0.4) is 0 Å². The lowest BCUT2D eigenvalue weighted by molar-refractivity contribution is 0.593. The van der Waals surface area contributed by atoms with E-state index in [0.29, 0.717) is 12.2 Å². The zero-order valence-electron chi connectivity index (χ0n) is 11.9. The van der Waals surface area contributed by atoms with Crippen molar-refractivity contribution in [2.75, 3.05) is 36.0 Å². The number of pyridine rings is 1. The number of hydrogen-bond donors (Lipinski definition) is 1. The minimum absolute atomic E-state index is 0.191. The van der Waals surface area contributed by atoms with Crippen LogP contribution in [0.4, 0.5) is 15.9 Å². The predicted octanol–water partition coefficient (Wildman–Crippen LogP) is 2.01. The first-order valence-corrected chi connectivity index (χ1v) is 7.18. The molecule has 1 aliphatic rings. The van der Waals surface area contributed by atoms with Crippen LogP contribution in [0, 0.1) is 5.82 Å². The van der Waals surface area contributed by atoms with E-state index in [1.807, 2.05) is 24.3 Å². The largest absolute Gasteiger partial charge is 0.365 e. The number of benzene rings is 1. The third-order valence-electron chi connectivity index (χ3n) is 3.86. The molecule has 0 amide bonds. The molecule has 2 N–H and O–H groups in total. The van der Waals surface area contributed by atoms with Crippen molar-refractivity contribution in [1.29, 1.82) is 0 Å². The molecule has 1 fully saturated rings. The average Bonchev–Trinajstić information content (AvgIpc) is 2.55. The highest BCUT2D eigenvalue weighted by molar-refractivity contribution is 5.56. The van der Waals surface area contributed by atoms with Crippen LogP contribution in [0.5, 0.6) is 0 Å². The van der Waals surface area contributed by atoms with Crippen molar-refractivity contribution in [3.63, 3.8) is 0 Å². The van der Waals surface area contributed by atoms with Crippen molar-refractivity contribution in [2.45, 2.75) is 6.54 Å². The summed E-state index contributed by atoms with van der Waals surface area (Å²) in [6, 6.07) is 11.0. The molecule has 0 unspecified atom stereocenters. The maximum absolute atomic E-state index is 14.1. The molecule has 1 aromatic heterocycles. The van der Waals surface area contributed by atoms with E-state index >= 15 is 0 Å². The normalized spacial score (nSPS) is 15.3. The molecule has 4 nitrogen and oxygen atoms in total. The van der Waals surface area contributed by atoms with E-state index < -0.39 is 0 Å². The van der Waals surface area contributed by atoms with Gasteiger partial charge in [0, 0.05) is 38.9 Å². The molecule has 110 valence electrons. The lowest BCUT2D eigenvalue weighted by Crippen LogP contribution is -2.47. The molecule has 1 saturated heterocycles. The van der Waals surface area contributed by atoms with Crippen LogP contribution in [-0.4, -0.2) is 31.2 Å². The van der Waals surface area contributed by atoms with E-state index in [1.54, 1.807) is 12.3 Å². The van der Waals surface area contributed by atoms with Crippen LogP contribution in [0.1, 0.15) is 5.56 Å². The van der Waals surface area contributed by atoms with Gasteiger partial charge in [-0.15, -0.1) is 0 Å². The Hall–Kier alpha value is -2.14. The predicted molar refractivity (Wildman–Crippen MR) is 83.0 cm³/mol. The third kappa shape index (κ3) is 2.83. The quantitative estimate of drug-likeness (QED) is 0.937. The van der Waals surface area contributed by atoms with Crippen molar-refractivity contribution in [1.82, 2.24) is 4.98 Å². The molecule has 0 bridgehead atoms. The Kier molecular flexibility index (Phi) is 4.01. The lowest BCUT2D eigenvalue weighted by Gasteiger charge is -2.37. The summed E-state index contributed by atoms with van der Waals surface area (Å²) in [7, 11) is 0. The van der Waals surface area contributed by atoms with Gasteiger partial charge in [0.25, 0.3) is 0 Å². The Morgan fingerprint density at radius 3 is 2.43 bits per heavy atom. The molecule has 5 heteroatoms. The first-order valence-electron chi connectivity index (χ1n) is 7.18. The first-order chi connectivity index (χ1) is 10.3. The van der Waals surface area contributed by atoms with Gasteiger partial charge in [-0.3, -0.25) is 0 Å². The molecular formula is C16H19FN4. The Morgan fingerprint density at radius 2 is 1.76 bits per heavy atom. The molecule has 0 saturated carbocycles. The van der Waals surface area contributed by atoms with E-state index in [2.05, 4.69) is 14.8 Å². The summed E-state index contributed by atoms with van der Waals surface area (Å²) in [5.74, 6) is 0.786. The van der Waals surface area contributed by atoms with E-state index in [9.17, 15) is 4.39 Å². The Balaban J connectivity index is 1.75. The number of aromatic nitrogens is 1. The monoisotopic (exact) mass is 286 g/mol. The van der Waals surface area contributed by atoms with Gasteiger partial charge in [-0.2, -0.15) is 0 Å². The number of nitrogens with zero attached hydrogens (tertiary/aromatic N) is 3. The lowest BCUT2D eigenvalue weighted by atomic mass is 10.1. The van der Waals surface area contributed by atoms with Gasteiger partial charge in [-0.25, -0.2) is 9.37 Å². The number of anilines is 2. The van der Waals surface area contributed by atoms with E-state index in [1.165, 1.54) is 6.07 Å². The highest BCUT2D eigenvalue weighted by Crippen LogP contribution is 2.26. The number of para-hydroxylation sites is 1. The smallest absolute Gasteiger partial charge is 0.146 e. The third-order valence-corrected chi connectivity index (χ3v) is 3.86. The van der Waals surface area contributed by atoms with Gasteiger partial charge < -0.3 is 15.5 Å². The van der Waals surface area contributed by atoms with Gasteiger partial charge >= 0.3 is 0 Å². The summed E-state index contributed by atoms with van der Waals surface area (Å²) < 4.78 is 14.1. The fraction of sp³-hybridized carbons (Fsp3) is 0.312. The minimum atomic E-state index is -0.191. The average molecular weight is 286 g/mol. The van der Waals surface area contributed by atoms with Crippen molar-refractivity contribution < 1.29 is 4.39 Å². The van der Waals surface area contributed by atoms with Gasteiger partial charge in [0.1, 0.15) is 11.6 Å². The van der Waals surface area contributed by atoms with Crippen LogP contribution >= 0.6 is 0 Å². The molecule has 0 atom stereocenters. The van der Waals surface area contributed by atoms with Crippen LogP contribution in [-0.2, 0) is 6.54 Å². The molecular weight excluding hydrogens is 267 g/mol. The summed E-state index contributed by atoms with van der Waals surface area (Å²) in [6.45, 7) is 3.55. The second-order valence-corrected chi connectivity index (χ2v) is 5.11. The topological polar surface area (TPSA) is 45.4 Å². The Labute approximate surface area is 124 Å². The van der Waals surface area contributed by atoms with E-state index in [-0.39, 0.29) is 5.82 Å². The van der Waals surface area contributed by atoms with Crippen LogP contribution in [0.2, 0.25) is 0 Å². The molecule has 2 aromatic rings.